The second kappa shape index (κ2) is 9.24. The molecule has 0 radical (unpaired) electrons. The van der Waals surface area contributed by atoms with Gasteiger partial charge in [-0.2, -0.15) is 0 Å². The lowest BCUT2D eigenvalue weighted by Crippen LogP contribution is -2.46. The van der Waals surface area contributed by atoms with Gasteiger partial charge in [-0.1, -0.05) is 17.7 Å². The zero-order valence-corrected chi connectivity index (χ0v) is 14.7. The highest BCUT2D eigenvalue weighted by Gasteiger charge is 2.23. The fourth-order valence-corrected chi connectivity index (χ4v) is 2.32. The number of aliphatic carboxylic acids is 1. The number of halogens is 1. The Kier molecular flexibility index (Phi) is 7.67. The molecular formula is C16H22ClN3O4. The highest BCUT2D eigenvalue weighted by Crippen LogP contribution is 2.22. The van der Waals surface area contributed by atoms with Crippen molar-refractivity contribution in [2.75, 3.05) is 25.0 Å². The van der Waals surface area contributed by atoms with E-state index in [9.17, 15) is 14.4 Å². The van der Waals surface area contributed by atoms with Gasteiger partial charge < -0.3 is 15.7 Å². The zero-order chi connectivity index (χ0) is 18.3. The molecule has 1 atom stereocenters. The summed E-state index contributed by atoms with van der Waals surface area (Å²) in [5.74, 6) is -1.63. The van der Waals surface area contributed by atoms with Crippen molar-refractivity contribution in [2.45, 2.75) is 26.8 Å². The van der Waals surface area contributed by atoms with Gasteiger partial charge in [0.2, 0.25) is 11.8 Å². The first-order chi connectivity index (χ1) is 11.2. The Labute approximate surface area is 146 Å². The summed E-state index contributed by atoms with van der Waals surface area (Å²) < 4.78 is 0. The zero-order valence-electron chi connectivity index (χ0n) is 13.9. The molecule has 0 bridgehead atoms. The number of aryl methyl sites for hydroxylation is 1. The molecule has 7 nitrogen and oxygen atoms in total. The summed E-state index contributed by atoms with van der Waals surface area (Å²) in [5, 5.41) is 14.8. The molecule has 1 unspecified atom stereocenters. The number of carboxylic acid groups (broad SMARTS) is 1. The number of amides is 2. The SMILES string of the molecule is CC(=O)NCCN(CC(=O)Nc1ccc(C)cc1Cl)C(C)C(=O)O. The van der Waals surface area contributed by atoms with Crippen LogP contribution in [0.3, 0.4) is 0 Å². The van der Waals surface area contributed by atoms with Gasteiger partial charge in [0.25, 0.3) is 0 Å². The normalized spacial score (nSPS) is 11.9. The van der Waals surface area contributed by atoms with E-state index in [2.05, 4.69) is 10.6 Å². The van der Waals surface area contributed by atoms with Gasteiger partial charge in [-0.05, 0) is 31.5 Å². The van der Waals surface area contributed by atoms with E-state index in [4.69, 9.17) is 16.7 Å². The maximum atomic E-state index is 12.2. The lowest BCUT2D eigenvalue weighted by molar-refractivity contribution is -0.142. The minimum atomic E-state index is -1.04. The van der Waals surface area contributed by atoms with Crippen molar-refractivity contribution in [2.24, 2.45) is 0 Å². The Morgan fingerprint density at radius 2 is 2.00 bits per heavy atom. The molecule has 132 valence electrons. The smallest absolute Gasteiger partial charge is 0.320 e. The van der Waals surface area contributed by atoms with Crippen LogP contribution in [0.15, 0.2) is 18.2 Å². The predicted octanol–water partition coefficient (Wildman–Crippen LogP) is 1.50. The quantitative estimate of drug-likeness (QED) is 0.656. The van der Waals surface area contributed by atoms with Crippen molar-refractivity contribution in [1.29, 1.82) is 0 Å². The minimum absolute atomic E-state index is 0.128. The van der Waals surface area contributed by atoms with E-state index >= 15 is 0 Å². The molecule has 1 rings (SSSR count). The third kappa shape index (κ3) is 6.55. The summed E-state index contributed by atoms with van der Waals surface area (Å²) >= 11 is 6.07. The topological polar surface area (TPSA) is 98.7 Å². The van der Waals surface area contributed by atoms with Crippen molar-refractivity contribution >= 4 is 35.1 Å². The van der Waals surface area contributed by atoms with Gasteiger partial charge >= 0.3 is 5.97 Å². The summed E-state index contributed by atoms with van der Waals surface area (Å²) in [5.41, 5.74) is 1.44. The van der Waals surface area contributed by atoms with Crippen LogP contribution in [0, 0.1) is 6.92 Å². The van der Waals surface area contributed by atoms with Crippen LogP contribution in [0.5, 0.6) is 0 Å². The number of hydrogen-bond acceptors (Lipinski definition) is 4. The molecule has 0 saturated carbocycles. The van der Waals surface area contributed by atoms with Gasteiger partial charge in [-0.15, -0.1) is 0 Å². The first-order valence-electron chi connectivity index (χ1n) is 7.48. The average Bonchev–Trinajstić information content (AvgIpc) is 2.48. The molecule has 8 heteroatoms. The van der Waals surface area contributed by atoms with Crippen molar-refractivity contribution in [3.05, 3.63) is 28.8 Å². The average molecular weight is 356 g/mol. The molecule has 0 aliphatic rings. The molecule has 1 aromatic rings. The summed E-state index contributed by atoms with van der Waals surface area (Å²) in [4.78, 5) is 35.8. The van der Waals surface area contributed by atoms with Crippen LogP contribution in [0.2, 0.25) is 5.02 Å². The Bertz CT molecular complexity index is 621. The van der Waals surface area contributed by atoms with E-state index in [0.717, 1.165) is 5.56 Å². The number of nitrogens with zero attached hydrogens (tertiary/aromatic N) is 1. The highest BCUT2D eigenvalue weighted by molar-refractivity contribution is 6.33. The lowest BCUT2D eigenvalue weighted by atomic mass is 10.2. The monoisotopic (exact) mass is 355 g/mol. The molecule has 0 saturated heterocycles. The maximum absolute atomic E-state index is 12.2. The lowest BCUT2D eigenvalue weighted by Gasteiger charge is -2.25. The highest BCUT2D eigenvalue weighted by atomic mass is 35.5. The second-order valence-electron chi connectivity index (χ2n) is 5.50. The van der Waals surface area contributed by atoms with Crippen LogP contribution in [0.25, 0.3) is 0 Å². The van der Waals surface area contributed by atoms with Crippen LogP contribution < -0.4 is 10.6 Å². The first kappa shape index (κ1) is 19.9. The van der Waals surface area contributed by atoms with Gasteiger partial charge in [0, 0.05) is 20.0 Å². The summed E-state index contributed by atoms with van der Waals surface area (Å²) in [6.45, 7) is 5.11. The van der Waals surface area contributed by atoms with Gasteiger partial charge in [0.1, 0.15) is 6.04 Å². The Morgan fingerprint density at radius 1 is 1.33 bits per heavy atom. The largest absolute Gasteiger partial charge is 0.480 e. The summed E-state index contributed by atoms with van der Waals surface area (Å²) in [7, 11) is 0. The fourth-order valence-electron chi connectivity index (χ4n) is 2.04. The van der Waals surface area contributed by atoms with E-state index in [-0.39, 0.29) is 31.4 Å². The molecule has 0 aromatic heterocycles. The van der Waals surface area contributed by atoms with Crippen LogP contribution in [0.4, 0.5) is 5.69 Å². The predicted molar refractivity (Wildman–Crippen MR) is 92.2 cm³/mol. The number of nitrogens with one attached hydrogen (secondary N) is 2. The molecule has 0 spiro atoms. The third-order valence-electron chi connectivity index (χ3n) is 3.42. The summed E-state index contributed by atoms with van der Waals surface area (Å²) in [6, 6.07) is 4.37. The molecule has 24 heavy (non-hydrogen) atoms. The van der Waals surface area contributed by atoms with Crippen LogP contribution in [-0.4, -0.2) is 53.5 Å². The number of rotatable bonds is 8. The van der Waals surface area contributed by atoms with E-state index < -0.39 is 12.0 Å². The Morgan fingerprint density at radius 3 is 2.54 bits per heavy atom. The van der Waals surface area contributed by atoms with Crippen molar-refractivity contribution < 1.29 is 19.5 Å². The number of benzene rings is 1. The van der Waals surface area contributed by atoms with Crippen LogP contribution >= 0.6 is 11.6 Å². The number of carbonyl (C=O) groups excluding carboxylic acids is 2. The van der Waals surface area contributed by atoms with Crippen LogP contribution in [-0.2, 0) is 14.4 Å². The molecule has 2 amide bonds. The van der Waals surface area contributed by atoms with Gasteiger partial charge in [0.15, 0.2) is 0 Å². The molecule has 0 aliphatic heterocycles. The maximum Gasteiger partial charge on any atom is 0.320 e. The standard InChI is InChI=1S/C16H22ClN3O4/c1-10-4-5-14(13(17)8-10)19-15(22)9-20(11(2)16(23)24)7-6-18-12(3)21/h4-5,8,11H,6-7,9H2,1-3H3,(H,18,21)(H,19,22)(H,23,24). The second-order valence-corrected chi connectivity index (χ2v) is 5.91. The molecular weight excluding hydrogens is 334 g/mol. The molecule has 0 aliphatic carbocycles. The summed E-state index contributed by atoms with van der Waals surface area (Å²) in [6.07, 6.45) is 0. The molecule has 1 aromatic carbocycles. The fraction of sp³-hybridized carbons (Fsp3) is 0.438. The van der Waals surface area contributed by atoms with E-state index in [1.807, 2.05) is 13.0 Å². The van der Waals surface area contributed by atoms with Gasteiger partial charge in [-0.25, -0.2) is 0 Å². The number of carboxylic acids is 1. The van der Waals surface area contributed by atoms with E-state index in [1.165, 1.54) is 18.7 Å². The number of hydrogen-bond donors (Lipinski definition) is 3. The molecule has 0 fully saturated rings. The third-order valence-corrected chi connectivity index (χ3v) is 3.74. The first-order valence-corrected chi connectivity index (χ1v) is 7.85. The minimum Gasteiger partial charge on any atom is -0.480 e. The van der Waals surface area contributed by atoms with Crippen molar-refractivity contribution in [3.8, 4) is 0 Å². The number of carbonyl (C=O) groups is 3. The Balaban J connectivity index is 2.71. The number of anilines is 1. The Hall–Kier alpha value is -2.12. The van der Waals surface area contributed by atoms with E-state index in [1.54, 1.807) is 12.1 Å². The van der Waals surface area contributed by atoms with Gasteiger partial charge in [-0.3, -0.25) is 19.3 Å². The van der Waals surface area contributed by atoms with Crippen molar-refractivity contribution in [3.63, 3.8) is 0 Å². The van der Waals surface area contributed by atoms with Crippen LogP contribution in [0.1, 0.15) is 19.4 Å². The van der Waals surface area contributed by atoms with Crippen molar-refractivity contribution in [1.82, 2.24) is 10.2 Å². The molecule has 0 heterocycles. The van der Waals surface area contributed by atoms with Gasteiger partial charge in [0.05, 0.1) is 17.3 Å². The van der Waals surface area contributed by atoms with E-state index in [0.29, 0.717) is 10.7 Å². The molecule has 3 N–H and O–H groups in total.